The third-order valence-electron chi connectivity index (χ3n) is 5.34. The Bertz CT molecular complexity index is 768. The Balaban J connectivity index is 2.09. The lowest BCUT2D eigenvalue weighted by molar-refractivity contribution is -0.0351. The molecule has 2 rings (SSSR count). The molecule has 0 aliphatic carbocycles. The van der Waals surface area contributed by atoms with E-state index in [1.165, 1.54) is 6.20 Å². The summed E-state index contributed by atoms with van der Waals surface area (Å²) in [4.78, 5) is 28.4. The van der Waals surface area contributed by atoms with Crippen LogP contribution in [0.2, 0.25) is 0 Å². The minimum absolute atomic E-state index is 0.0447. The summed E-state index contributed by atoms with van der Waals surface area (Å²) in [6, 6.07) is 0. The largest absolute Gasteiger partial charge is 0.449 e. The Morgan fingerprint density at radius 2 is 2.00 bits per heavy atom. The van der Waals surface area contributed by atoms with E-state index in [0.29, 0.717) is 10.2 Å². The molecule has 29 heavy (non-hydrogen) atoms. The fraction of sp³-hybridized carbons (Fsp3) is 0.722. The first-order chi connectivity index (χ1) is 13.7. The van der Waals surface area contributed by atoms with Gasteiger partial charge in [-0.25, -0.2) is 9.59 Å². The monoisotopic (exact) mass is 525 g/mol. The second-order valence-corrected chi connectivity index (χ2v) is 8.34. The molecule has 1 fully saturated rings. The molecule has 164 valence electrons. The van der Waals surface area contributed by atoms with Crippen LogP contribution in [0.5, 0.6) is 0 Å². The van der Waals surface area contributed by atoms with Crippen molar-refractivity contribution in [2.24, 2.45) is 5.41 Å². The summed E-state index contributed by atoms with van der Waals surface area (Å²) in [5, 5.41) is 22.4. The van der Waals surface area contributed by atoms with Gasteiger partial charge in [-0.1, -0.05) is 13.8 Å². The average Bonchev–Trinajstić information content (AvgIpc) is 2.95. The minimum Gasteiger partial charge on any atom is -0.449 e. The molecule has 0 saturated carbocycles. The van der Waals surface area contributed by atoms with Gasteiger partial charge in [0.2, 0.25) is 0 Å². The number of anilines is 1. The van der Waals surface area contributed by atoms with Gasteiger partial charge in [0.1, 0.15) is 18.8 Å². The van der Waals surface area contributed by atoms with Gasteiger partial charge < -0.3 is 24.4 Å². The SMILES string of the molecule is CCC(CC)(COC)COC(=O)Nc1nc(=O)n([C@@H]2O[C@H](C)C(O)C2O)cc1I. The van der Waals surface area contributed by atoms with Gasteiger partial charge in [0.15, 0.2) is 12.0 Å². The van der Waals surface area contributed by atoms with Crippen molar-refractivity contribution < 1.29 is 29.2 Å². The molecule has 2 unspecified atom stereocenters. The quantitative estimate of drug-likeness (QED) is 0.435. The van der Waals surface area contributed by atoms with Crippen molar-refractivity contribution in [1.29, 1.82) is 0 Å². The number of aliphatic hydroxyl groups is 2. The topological polar surface area (TPSA) is 132 Å². The zero-order chi connectivity index (χ0) is 21.8. The number of carbonyl (C=O) groups excluding carboxylic acids is 1. The summed E-state index contributed by atoms with van der Waals surface area (Å²) in [5.41, 5.74) is -1.01. The van der Waals surface area contributed by atoms with Crippen LogP contribution < -0.4 is 11.0 Å². The van der Waals surface area contributed by atoms with Gasteiger partial charge in [0.25, 0.3) is 0 Å². The van der Waals surface area contributed by atoms with Gasteiger partial charge in [0.05, 0.1) is 16.3 Å². The highest BCUT2D eigenvalue weighted by Gasteiger charge is 2.42. The number of ether oxygens (including phenoxy) is 3. The number of amides is 1. The fourth-order valence-corrected chi connectivity index (χ4v) is 3.69. The summed E-state index contributed by atoms with van der Waals surface area (Å²) < 4.78 is 17.6. The smallest absolute Gasteiger partial charge is 0.412 e. The molecular weight excluding hydrogens is 497 g/mol. The van der Waals surface area contributed by atoms with Crippen LogP contribution in [0.3, 0.4) is 0 Å². The summed E-state index contributed by atoms with van der Waals surface area (Å²) >= 11 is 1.90. The lowest BCUT2D eigenvalue weighted by atomic mass is 9.84. The van der Waals surface area contributed by atoms with E-state index in [1.54, 1.807) is 14.0 Å². The van der Waals surface area contributed by atoms with E-state index in [9.17, 15) is 19.8 Å². The Morgan fingerprint density at radius 1 is 1.34 bits per heavy atom. The van der Waals surface area contributed by atoms with Gasteiger partial charge in [-0.05, 0) is 42.4 Å². The maximum absolute atomic E-state index is 12.4. The predicted molar refractivity (Wildman–Crippen MR) is 113 cm³/mol. The molecule has 11 heteroatoms. The average molecular weight is 525 g/mol. The number of methoxy groups -OCH3 is 1. The summed E-state index contributed by atoms with van der Waals surface area (Å²) in [6.45, 7) is 6.24. The van der Waals surface area contributed by atoms with Gasteiger partial charge in [-0.2, -0.15) is 4.98 Å². The highest BCUT2D eigenvalue weighted by atomic mass is 127. The highest BCUT2D eigenvalue weighted by Crippen LogP contribution is 2.29. The van der Waals surface area contributed by atoms with E-state index < -0.39 is 36.3 Å². The lowest BCUT2D eigenvalue weighted by Gasteiger charge is -2.30. The molecule has 1 aliphatic rings. The third kappa shape index (κ3) is 5.45. The Kier molecular flexibility index (Phi) is 8.40. The number of hydrogen-bond donors (Lipinski definition) is 3. The Morgan fingerprint density at radius 3 is 2.52 bits per heavy atom. The molecule has 0 radical (unpaired) electrons. The Hall–Kier alpha value is -1.28. The number of aromatic nitrogens is 2. The van der Waals surface area contributed by atoms with E-state index in [2.05, 4.69) is 10.3 Å². The molecular formula is C18H28IN3O7. The number of carbonyl (C=O) groups is 1. The van der Waals surface area contributed by atoms with E-state index in [0.717, 1.165) is 17.4 Å². The van der Waals surface area contributed by atoms with Crippen molar-refractivity contribution in [2.45, 2.75) is 58.2 Å². The van der Waals surface area contributed by atoms with E-state index in [4.69, 9.17) is 14.2 Å². The molecule has 1 saturated heterocycles. The minimum atomic E-state index is -1.26. The van der Waals surface area contributed by atoms with Crippen LogP contribution in [-0.4, -0.2) is 64.5 Å². The summed E-state index contributed by atoms with van der Waals surface area (Å²) in [7, 11) is 1.60. The zero-order valence-corrected chi connectivity index (χ0v) is 19.1. The van der Waals surface area contributed by atoms with Crippen molar-refractivity contribution >= 4 is 34.5 Å². The molecule has 0 bridgehead atoms. The lowest BCUT2D eigenvalue weighted by Crippen LogP contribution is -2.36. The first-order valence-electron chi connectivity index (χ1n) is 9.41. The number of hydrogen-bond acceptors (Lipinski definition) is 8. The van der Waals surface area contributed by atoms with E-state index in [1.807, 2.05) is 36.4 Å². The van der Waals surface area contributed by atoms with Gasteiger partial charge in [0, 0.05) is 18.7 Å². The number of nitrogens with one attached hydrogen (secondary N) is 1. The number of aliphatic hydroxyl groups excluding tert-OH is 2. The molecule has 0 aromatic carbocycles. The van der Waals surface area contributed by atoms with Crippen molar-refractivity contribution in [1.82, 2.24) is 9.55 Å². The van der Waals surface area contributed by atoms with E-state index >= 15 is 0 Å². The second kappa shape index (κ2) is 10.2. The molecule has 1 aromatic rings. The van der Waals surface area contributed by atoms with Crippen LogP contribution in [0, 0.1) is 8.99 Å². The predicted octanol–water partition coefficient (Wildman–Crippen LogP) is 1.49. The molecule has 3 N–H and O–H groups in total. The number of rotatable bonds is 8. The molecule has 1 aliphatic heterocycles. The zero-order valence-electron chi connectivity index (χ0n) is 16.9. The fourth-order valence-electron chi connectivity index (χ4n) is 3.13. The van der Waals surface area contributed by atoms with Crippen LogP contribution >= 0.6 is 22.6 Å². The number of nitrogens with zero attached hydrogens (tertiary/aromatic N) is 2. The number of halogens is 1. The van der Waals surface area contributed by atoms with Crippen molar-refractivity contribution in [3.63, 3.8) is 0 Å². The van der Waals surface area contributed by atoms with Crippen molar-refractivity contribution in [2.75, 3.05) is 25.6 Å². The van der Waals surface area contributed by atoms with E-state index in [-0.39, 0.29) is 17.8 Å². The van der Waals surface area contributed by atoms with Gasteiger partial charge >= 0.3 is 11.8 Å². The first-order valence-corrected chi connectivity index (χ1v) is 10.5. The van der Waals surface area contributed by atoms with Gasteiger partial charge in [-0.15, -0.1) is 0 Å². The van der Waals surface area contributed by atoms with Crippen molar-refractivity contribution in [3.05, 3.63) is 20.3 Å². The molecule has 1 aromatic heterocycles. The molecule has 4 atom stereocenters. The Labute approximate surface area is 182 Å². The van der Waals surface area contributed by atoms with Crippen molar-refractivity contribution in [3.8, 4) is 0 Å². The first kappa shape index (κ1) is 24.0. The van der Waals surface area contributed by atoms with Crippen LogP contribution in [-0.2, 0) is 14.2 Å². The summed E-state index contributed by atoms with van der Waals surface area (Å²) in [5.74, 6) is 0.0447. The highest BCUT2D eigenvalue weighted by molar-refractivity contribution is 14.1. The standard InChI is InChI=1S/C18H28IN3O7/c1-5-18(6-2,8-27-4)9-28-17(26)21-14-11(19)7-22(16(25)20-14)15-13(24)12(23)10(3)29-15/h7,10,12-13,15,23-24H,5-6,8-9H2,1-4H3,(H,20,21,25,26)/t10-,12?,13?,15-/m1/s1. The van der Waals surface area contributed by atoms with Crippen LogP contribution in [0.25, 0.3) is 0 Å². The normalized spacial score (nSPS) is 24.5. The third-order valence-corrected chi connectivity index (χ3v) is 6.13. The second-order valence-electron chi connectivity index (χ2n) is 7.18. The molecule has 10 nitrogen and oxygen atoms in total. The summed E-state index contributed by atoms with van der Waals surface area (Å²) in [6.07, 6.45) is -1.82. The van der Waals surface area contributed by atoms with Crippen LogP contribution in [0.1, 0.15) is 39.8 Å². The molecule has 1 amide bonds. The maximum atomic E-state index is 12.4. The van der Waals surface area contributed by atoms with Crippen LogP contribution in [0.15, 0.2) is 11.0 Å². The molecule has 2 heterocycles. The van der Waals surface area contributed by atoms with Gasteiger partial charge in [-0.3, -0.25) is 9.88 Å². The van der Waals surface area contributed by atoms with Crippen LogP contribution in [0.4, 0.5) is 10.6 Å². The maximum Gasteiger partial charge on any atom is 0.412 e. The molecule has 0 spiro atoms.